The Morgan fingerprint density at radius 2 is 1.81 bits per heavy atom. The van der Waals surface area contributed by atoms with Gasteiger partial charge in [0.25, 0.3) is 0 Å². The summed E-state index contributed by atoms with van der Waals surface area (Å²) in [4.78, 5) is 19.4. The maximum atomic E-state index is 12.5. The Hall–Kier alpha value is -0.740. The van der Waals surface area contributed by atoms with Gasteiger partial charge >= 0.3 is 0 Å². The molecular weight excluding hydrogens is 264 g/mol. The Morgan fingerprint density at radius 1 is 1.24 bits per heavy atom. The summed E-state index contributed by atoms with van der Waals surface area (Å²) >= 11 is 0. The number of ether oxygens (including phenoxy) is 1. The zero-order chi connectivity index (χ0) is 16.6. The minimum absolute atomic E-state index is 0.215. The molecule has 21 heavy (non-hydrogen) atoms. The number of likely N-dealkylation sites (N-methyl/N-ethyl adjacent to an activating group) is 1. The van der Waals surface area contributed by atoms with Crippen LogP contribution in [0, 0.1) is 11.3 Å². The summed E-state index contributed by atoms with van der Waals surface area (Å²) in [5.74, 6) is 0.556. The van der Waals surface area contributed by atoms with E-state index in [1.165, 1.54) is 0 Å². The first-order valence-electron chi connectivity index (χ1n) is 7.83. The molecule has 0 aromatic heterocycles. The third-order valence-electron chi connectivity index (χ3n) is 3.71. The van der Waals surface area contributed by atoms with Crippen molar-refractivity contribution in [2.24, 2.45) is 16.3 Å². The van der Waals surface area contributed by atoms with E-state index in [-0.39, 0.29) is 17.2 Å². The lowest BCUT2D eigenvalue weighted by atomic mass is 9.81. The molecule has 0 aromatic carbocycles. The Labute approximate surface area is 131 Å². The molecule has 0 aromatic rings. The maximum absolute atomic E-state index is 12.5. The standard InChI is InChI=1S/C17H34N2O2/c1-13(2)15(18-14(3)12-19(6)7)11-16(20)17(4,5)9-10-21-8/h13-14H,9-12H2,1-8H3/b18-15-. The molecule has 0 N–H and O–H groups in total. The number of carbonyl (C=O) groups excluding carboxylic acids is 1. The number of ketones is 1. The zero-order valence-electron chi connectivity index (χ0n) is 15.2. The minimum atomic E-state index is -0.351. The van der Waals surface area contributed by atoms with E-state index in [9.17, 15) is 4.79 Å². The topological polar surface area (TPSA) is 41.9 Å². The van der Waals surface area contributed by atoms with Gasteiger partial charge in [0, 0.05) is 37.8 Å². The highest BCUT2D eigenvalue weighted by Gasteiger charge is 2.28. The summed E-state index contributed by atoms with van der Waals surface area (Å²) in [5, 5.41) is 0. The molecule has 0 rings (SSSR count). The van der Waals surface area contributed by atoms with Gasteiger partial charge in [-0.2, -0.15) is 0 Å². The molecule has 1 unspecified atom stereocenters. The van der Waals surface area contributed by atoms with Gasteiger partial charge in [0.1, 0.15) is 5.78 Å². The molecule has 0 aliphatic rings. The Kier molecular flexibility index (Phi) is 8.98. The number of hydrogen-bond acceptors (Lipinski definition) is 4. The van der Waals surface area contributed by atoms with Crippen molar-refractivity contribution in [3.63, 3.8) is 0 Å². The summed E-state index contributed by atoms with van der Waals surface area (Å²) < 4.78 is 5.10. The predicted octanol–water partition coefficient (Wildman–Crippen LogP) is 3.06. The van der Waals surface area contributed by atoms with Gasteiger partial charge in [-0.3, -0.25) is 9.79 Å². The van der Waals surface area contributed by atoms with Crippen LogP contribution in [0.4, 0.5) is 0 Å². The van der Waals surface area contributed by atoms with E-state index in [2.05, 4.69) is 25.7 Å². The van der Waals surface area contributed by atoms with Crippen LogP contribution in [0.5, 0.6) is 0 Å². The molecule has 0 saturated carbocycles. The first-order chi connectivity index (χ1) is 9.60. The van der Waals surface area contributed by atoms with Crippen molar-refractivity contribution < 1.29 is 9.53 Å². The zero-order valence-corrected chi connectivity index (χ0v) is 15.2. The highest BCUT2D eigenvalue weighted by Crippen LogP contribution is 2.24. The maximum Gasteiger partial charge on any atom is 0.144 e. The third-order valence-corrected chi connectivity index (χ3v) is 3.71. The van der Waals surface area contributed by atoms with Crippen molar-refractivity contribution in [1.82, 2.24) is 4.90 Å². The quantitative estimate of drug-likeness (QED) is 0.582. The van der Waals surface area contributed by atoms with Gasteiger partial charge in [0.2, 0.25) is 0 Å². The lowest BCUT2D eigenvalue weighted by Crippen LogP contribution is -2.30. The van der Waals surface area contributed by atoms with Crippen LogP contribution in [-0.2, 0) is 9.53 Å². The lowest BCUT2D eigenvalue weighted by molar-refractivity contribution is -0.126. The largest absolute Gasteiger partial charge is 0.385 e. The average molecular weight is 298 g/mol. The van der Waals surface area contributed by atoms with Gasteiger partial charge in [0.15, 0.2) is 0 Å². The van der Waals surface area contributed by atoms with Gasteiger partial charge in [0.05, 0.1) is 6.04 Å². The van der Waals surface area contributed by atoms with Crippen molar-refractivity contribution in [3.8, 4) is 0 Å². The van der Waals surface area contributed by atoms with E-state index in [0.29, 0.717) is 18.9 Å². The van der Waals surface area contributed by atoms with Crippen LogP contribution in [0.25, 0.3) is 0 Å². The molecule has 4 heteroatoms. The molecular formula is C17H34N2O2. The third kappa shape index (κ3) is 8.32. The summed E-state index contributed by atoms with van der Waals surface area (Å²) in [7, 11) is 5.75. The van der Waals surface area contributed by atoms with Crippen LogP contribution in [0.1, 0.15) is 47.5 Å². The van der Waals surface area contributed by atoms with E-state index in [1.807, 2.05) is 27.9 Å². The van der Waals surface area contributed by atoms with E-state index in [0.717, 1.165) is 18.7 Å². The molecule has 0 aliphatic heterocycles. The van der Waals surface area contributed by atoms with Gasteiger partial charge in [-0.15, -0.1) is 0 Å². The van der Waals surface area contributed by atoms with Gasteiger partial charge in [-0.25, -0.2) is 0 Å². The molecule has 0 amide bonds. The van der Waals surface area contributed by atoms with Gasteiger partial charge < -0.3 is 9.64 Å². The van der Waals surface area contributed by atoms with Crippen molar-refractivity contribution in [2.75, 3.05) is 34.4 Å². The molecule has 0 bridgehead atoms. The van der Waals surface area contributed by atoms with Crippen molar-refractivity contribution in [1.29, 1.82) is 0 Å². The van der Waals surface area contributed by atoms with Crippen LogP contribution >= 0.6 is 0 Å². The van der Waals surface area contributed by atoms with Crippen LogP contribution < -0.4 is 0 Å². The van der Waals surface area contributed by atoms with E-state index < -0.39 is 0 Å². The fraction of sp³-hybridized carbons (Fsp3) is 0.882. The molecule has 0 aliphatic carbocycles. The molecule has 0 spiro atoms. The Morgan fingerprint density at radius 3 is 2.24 bits per heavy atom. The monoisotopic (exact) mass is 298 g/mol. The minimum Gasteiger partial charge on any atom is -0.385 e. The normalized spacial score (nSPS) is 14.9. The van der Waals surface area contributed by atoms with E-state index in [1.54, 1.807) is 7.11 Å². The lowest BCUT2D eigenvalue weighted by Gasteiger charge is -2.24. The summed E-state index contributed by atoms with van der Waals surface area (Å²) in [6, 6.07) is 0.215. The number of carbonyl (C=O) groups is 1. The van der Waals surface area contributed by atoms with Crippen LogP contribution in [-0.4, -0.2) is 56.8 Å². The summed E-state index contributed by atoms with van der Waals surface area (Å²) in [6.07, 6.45) is 1.20. The van der Waals surface area contributed by atoms with Gasteiger partial charge in [-0.1, -0.05) is 27.7 Å². The van der Waals surface area contributed by atoms with Crippen LogP contribution in [0.15, 0.2) is 4.99 Å². The van der Waals surface area contributed by atoms with Crippen LogP contribution in [0.2, 0.25) is 0 Å². The number of Topliss-reactive ketones (excluding diaryl/α,β-unsaturated/α-hetero) is 1. The molecule has 1 atom stereocenters. The number of aliphatic imine (C=N–C) groups is 1. The Bertz CT molecular complexity index is 347. The molecule has 0 saturated heterocycles. The van der Waals surface area contributed by atoms with Crippen molar-refractivity contribution >= 4 is 11.5 Å². The van der Waals surface area contributed by atoms with E-state index in [4.69, 9.17) is 9.73 Å². The van der Waals surface area contributed by atoms with Crippen molar-refractivity contribution in [2.45, 2.75) is 53.5 Å². The molecule has 4 nitrogen and oxygen atoms in total. The first kappa shape index (κ1) is 20.3. The molecule has 0 heterocycles. The predicted molar refractivity (Wildman–Crippen MR) is 90.2 cm³/mol. The number of rotatable bonds is 10. The average Bonchev–Trinajstić information content (AvgIpc) is 2.34. The number of methoxy groups -OCH3 is 1. The second-order valence-electron chi connectivity index (χ2n) is 7.11. The smallest absolute Gasteiger partial charge is 0.144 e. The highest BCUT2D eigenvalue weighted by molar-refractivity contribution is 6.04. The number of nitrogens with zero attached hydrogens (tertiary/aromatic N) is 2. The SMILES string of the molecule is COCCC(C)(C)C(=O)C/C(=N/C(C)CN(C)C)C(C)C. The molecule has 124 valence electrons. The molecule has 0 fully saturated rings. The first-order valence-corrected chi connectivity index (χ1v) is 7.83. The fourth-order valence-electron chi connectivity index (χ4n) is 2.15. The highest BCUT2D eigenvalue weighted by atomic mass is 16.5. The van der Waals surface area contributed by atoms with Gasteiger partial charge in [-0.05, 0) is 33.4 Å². The van der Waals surface area contributed by atoms with E-state index >= 15 is 0 Å². The number of hydrogen-bond donors (Lipinski definition) is 0. The van der Waals surface area contributed by atoms with Crippen LogP contribution in [0.3, 0.4) is 0 Å². The second kappa shape index (κ2) is 9.31. The molecule has 0 radical (unpaired) electrons. The fourth-order valence-corrected chi connectivity index (χ4v) is 2.15. The summed E-state index contributed by atoms with van der Waals surface area (Å²) in [5.41, 5.74) is 0.663. The van der Waals surface area contributed by atoms with Crippen molar-refractivity contribution in [3.05, 3.63) is 0 Å². The summed E-state index contributed by atoms with van der Waals surface area (Å²) in [6.45, 7) is 11.8. The second-order valence-corrected chi connectivity index (χ2v) is 7.11. The Balaban J connectivity index is 4.85.